The van der Waals surface area contributed by atoms with E-state index in [1.54, 1.807) is 0 Å². The van der Waals surface area contributed by atoms with Gasteiger partial charge in [-0.15, -0.1) is 0 Å². The molecule has 3 nitrogen and oxygen atoms in total. The lowest BCUT2D eigenvalue weighted by atomic mass is 9.85. The van der Waals surface area contributed by atoms with Crippen LogP contribution in [0.15, 0.2) is 18.3 Å². The minimum absolute atomic E-state index is 0.347. The molecule has 2 heterocycles. The number of nitrogens with zero attached hydrogens (tertiary/aromatic N) is 2. The zero-order valence-corrected chi connectivity index (χ0v) is 13.5. The molecule has 2 fully saturated rings. The van der Waals surface area contributed by atoms with Gasteiger partial charge in [0.15, 0.2) is 0 Å². The van der Waals surface area contributed by atoms with Crippen LogP contribution in [0, 0.1) is 5.92 Å². The molecule has 3 rings (SSSR count). The van der Waals surface area contributed by atoms with E-state index in [2.05, 4.69) is 42.4 Å². The summed E-state index contributed by atoms with van der Waals surface area (Å²) in [7, 11) is 0. The highest BCUT2D eigenvalue weighted by atomic mass is 15.2. The quantitative estimate of drug-likeness (QED) is 0.890. The van der Waals surface area contributed by atoms with Gasteiger partial charge in [-0.25, -0.2) is 0 Å². The highest BCUT2D eigenvalue weighted by Crippen LogP contribution is 2.38. The second kappa shape index (κ2) is 6.78. The van der Waals surface area contributed by atoms with Gasteiger partial charge in [-0.2, -0.15) is 0 Å². The van der Waals surface area contributed by atoms with Gasteiger partial charge in [0.2, 0.25) is 0 Å². The van der Waals surface area contributed by atoms with Crippen molar-refractivity contribution < 1.29 is 0 Å². The Balaban J connectivity index is 1.66. The number of rotatable bonds is 5. The average Bonchev–Trinajstić information content (AvgIpc) is 2.97. The fourth-order valence-corrected chi connectivity index (χ4v) is 4.02. The predicted octanol–water partition coefficient (Wildman–Crippen LogP) is 3.91. The van der Waals surface area contributed by atoms with Crippen LogP contribution in [0.3, 0.4) is 0 Å². The molecule has 116 valence electrons. The van der Waals surface area contributed by atoms with Crippen molar-refractivity contribution in [1.29, 1.82) is 0 Å². The maximum absolute atomic E-state index is 4.71. The first-order chi connectivity index (χ1) is 10.3. The van der Waals surface area contributed by atoms with Crippen molar-refractivity contribution in [2.45, 2.75) is 64.5 Å². The van der Waals surface area contributed by atoms with Crippen LogP contribution >= 0.6 is 0 Å². The molecule has 3 unspecified atom stereocenters. The maximum Gasteiger partial charge on any atom is 0.0572 e. The predicted molar refractivity (Wildman–Crippen MR) is 88.7 cm³/mol. The Morgan fingerprint density at radius 3 is 2.90 bits per heavy atom. The highest BCUT2D eigenvalue weighted by molar-refractivity contribution is 5.47. The van der Waals surface area contributed by atoms with Gasteiger partial charge in [-0.05, 0) is 57.2 Å². The normalized spacial score (nSPS) is 26.7. The minimum Gasteiger partial charge on any atom is -0.367 e. The van der Waals surface area contributed by atoms with E-state index in [-0.39, 0.29) is 0 Å². The van der Waals surface area contributed by atoms with Crippen molar-refractivity contribution >= 4 is 5.69 Å². The monoisotopic (exact) mass is 287 g/mol. The van der Waals surface area contributed by atoms with Crippen LogP contribution in [0.2, 0.25) is 0 Å². The Morgan fingerprint density at radius 2 is 2.14 bits per heavy atom. The molecule has 3 atom stereocenters. The van der Waals surface area contributed by atoms with E-state index in [4.69, 9.17) is 4.98 Å². The van der Waals surface area contributed by atoms with Crippen LogP contribution in [-0.4, -0.2) is 24.1 Å². The topological polar surface area (TPSA) is 28.2 Å². The summed E-state index contributed by atoms with van der Waals surface area (Å²) in [6.07, 6.45) is 10.3. The van der Waals surface area contributed by atoms with Gasteiger partial charge >= 0.3 is 0 Å². The molecular formula is C18H29N3. The van der Waals surface area contributed by atoms with Crippen LogP contribution in [0.5, 0.6) is 0 Å². The molecule has 1 aromatic heterocycles. The van der Waals surface area contributed by atoms with E-state index in [9.17, 15) is 0 Å². The van der Waals surface area contributed by atoms with Crippen molar-refractivity contribution in [1.82, 2.24) is 10.3 Å². The van der Waals surface area contributed by atoms with E-state index in [0.717, 1.165) is 24.2 Å². The van der Waals surface area contributed by atoms with Crippen LogP contribution < -0.4 is 10.2 Å². The van der Waals surface area contributed by atoms with Crippen molar-refractivity contribution in [2.75, 3.05) is 18.0 Å². The fourth-order valence-electron chi connectivity index (χ4n) is 4.02. The molecule has 1 N–H and O–H groups in total. The lowest BCUT2D eigenvalue weighted by molar-refractivity contribution is 0.342. The number of hydrogen-bond donors (Lipinski definition) is 1. The van der Waals surface area contributed by atoms with Gasteiger partial charge in [0.05, 0.1) is 17.6 Å². The van der Waals surface area contributed by atoms with Gasteiger partial charge in [0.25, 0.3) is 0 Å². The summed E-state index contributed by atoms with van der Waals surface area (Å²) in [6.45, 7) is 6.68. The lowest BCUT2D eigenvalue weighted by Gasteiger charge is -2.33. The highest BCUT2D eigenvalue weighted by Gasteiger charge is 2.35. The summed E-state index contributed by atoms with van der Waals surface area (Å²) in [6, 6.07) is 5.62. The molecule has 1 aromatic rings. The molecular weight excluding hydrogens is 258 g/mol. The minimum atomic E-state index is 0.347. The first kappa shape index (κ1) is 14.8. The molecule has 1 saturated carbocycles. The average molecular weight is 287 g/mol. The summed E-state index contributed by atoms with van der Waals surface area (Å²) in [5.41, 5.74) is 2.49. The molecule has 21 heavy (non-hydrogen) atoms. The molecule has 3 heteroatoms. The smallest absolute Gasteiger partial charge is 0.0572 e. The van der Waals surface area contributed by atoms with E-state index >= 15 is 0 Å². The van der Waals surface area contributed by atoms with Crippen LogP contribution in [0.1, 0.15) is 64.1 Å². The standard InChI is InChI=1S/C18H29N3/c1-3-11-19-14(2)17-9-8-16(13-20-17)21-12-10-15-6-4-5-7-18(15)21/h8-9,13-15,18-19H,3-7,10-12H2,1-2H3. The van der Waals surface area contributed by atoms with Gasteiger partial charge in [0.1, 0.15) is 0 Å². The van der Waals surface area contributed by atoms with Gasteiger partial charge in [0, 0.05) is 18.6 Å². The summed E-state index contributed by atoms with van der Waals surface area (Å²) < 4.78 is 0. The number of hydrogen-bond acceptors (Lipinski definition) is 3. The van der Waals surface area contributed by atoms with Crippen molar-refractivity contribution in [3.05, 3.63) is 24.0 Å². The molecule has 0 bridgehead atoms. The molecule has 1 aliphatic carbocycles. The molecule has 0 spiro atoms. The number of fused-ring (bicyclic) bond motifs is 1. The van der Waals surface area contributed by atoms with Crippen molar-refractivity contribution in [3.8, 4) is 0 Å². The zero-order chi connectivity index (χ0) is 14.7. The third kappa shape index (κ3) is 3.23. The van der Waals surface area contributed by atoms with E-state index in [0.29, 0.717) is 6.04 Å². The molecule has 1 aliphatic heterocycles. The molecule has 0 aromatic carbocycles. The second-order valence-electron chi connectivity index (χ2n) is 6.71. The van der Waals surface area contributed by atoms with Crippen LogP contribution in [-0.2, 0) is 0 Å². The first-order valence-electron chi connectivity index (χ1n) is 8.75. The molecule has 2 aliphatic rings. The van der Waals surface area contributed by atoms with Crippen LogP contribution in [0.4, 0.5) is 5.69 Å². The Labute approximate surface area is 129 Å². The second-order valence-corrected chi connectivity index (χ2v) is 6.71. The zero-order valence-electron chi connectivity index (χ0n) is 13.5. The Morgan fingerprint density at radius 1 is 1.29 bits per heavy atom. The third-order valence-corrected chi connectivity index (χ3v) is 5.26. The molecule has 0 radical (unpaired) electrons. The van der Waals surface area contributed by atoms with Gasteiger partial charge in [-0.1, -0.05) is 19.8 Å². The van der Waals surface area contributed by atoms with Crippen molar-refractivity contribution in [3.63, 3.8) is 0 Å². The SMILES string of the molecule is CCCNC(C)c1ccc(N2CCC3CCCCC32)cn1. The van der Waals surface area contributed by atoms with Crippen LogP contribution in [0.25, 0.3) is 0 Å². The Hall–Kier alpha value is -1.09. The Bertz CT molecular complexity index is 442. The third-order valence-electron chi connectivity index (χ3n) is 5.26. The summed E-state index contributed by atoms with van der Waals surface area (Å²) in [5, 5.41) is 3.51. The maximum atomic E-state index is 4.71. The van der Waals surface area contributed by atoms with E-state index in [1.165, 1.54) is 50.8 Å². The number of nitrogens with one attached hydrogen (secondary N) is 1. The Kier molecular flexibility index (Phi) is 4.79. The molecule has 1 saturated heterocycles. The number of pyridine rings is 1. The summed E-state index contributed by atoms with van der Waals surface area (Å²) in [5.74, 6) is 0.934. The van der Waals surface area contributed by atoms with Gasteiger partial charge in [-0.3, -0.25) is 4.98 Å². The van der Waals surface area contributed by atoms with Gasteiger partial charge < -0.3 is 10.2 Å². The largest absolute Gasteiger partial charge is 0.367 e. The summed E-state index contributed by atoms with van der Waals surface area (Å²) >= 11 is 0. The van der Waals surface area contributed by atoms with E-state index < -0.39 is 0 Å². The summed E-state index contributed by atoms with van der Waals surface area (Å²) in [4.78, 5) is 7.33. The lowest BCUT2D eigenvalue weighted by Crippen LogP contribution is -2.34. The first-order valence-corrected chi connectivity index (χ1v) is 8.75. The molecule has 0 amide bonds. The number of aromatic nitrogens is 1. The van der Waals surface area contributed by atoms with E-state index in [1.807, 2.05) is 0 Å². The number of anilines is 1. The van der Waals surface area contributed by atoms with Crippen molar-refractivity contribution in [2.24, 2.45) is 5.92 Å². The fraction of sp³-hybridized carbons (Fsp3) is 0.722.